The van der Waals surface area contributed by atoms with Crippen LogP contribution in [0.5, 0.6) is 28.7 Å². The summed E-state index contributed by atoms with van der Waals surface area (Å²) in [7, 11) is 2.93. The Morgan fingerprint density at radius 2 is 1.62 bits per heavy atom. The lowest BCUT2D eigenvalue weighted by Gasteiger charge is -2.28. The van der Waals surface area contributed by atoms with Gasteiger partial charge in [-0.2, -0.15) is 5.10 Å². The number of phenolic OH excluding ortho intramolecular Hbond substituents is 1. The van der Waals surface area contributed by atoms with Crippen LogP contribution in [0.25, 0.3) is 11.3 Å². The predicted molar refractivity (Wildman–Crippen MR) is 211 cm³/mol. The summed E-state index contributed by atoms with van der Waals surface area (Å²) in [6.45, 7) is 4.43. The number of aromatic nitrogens is 2. The third-order valence-electron chi connectivity index (χ3n) is 9.47. The summed E-state index contributed by atoms with van der Waals surface area (Å²) in [4.78, 5) is 69.3. The highest BCUT2D eigenvalue weighted by Gasteiger charge is 2.32. The molecule has 17 nitrogen and oxygen atoms in total. The first-order chi connectivity index (χ1) is 27.8. The van der Waals surface area contributed by atoms with E-state index < -0.39 is 60.2 Å². The van der Waals surface area contributed by atoms with Gasteiger partial charge in [-0.3, -0.25) is 29.1 Å². The minimum atomic E-state index is -1.49. The van der Waals surface area contributed by atoms with Crippen molar-refractivity contribution in [3.63, 3.8) is 0 Å². The van der Waals surface area contributed by atoms with Crippen LogP contribution < -0.4 is 35.5 Å². The molecule has 2 heterocycles. The SMILES string of the molecule is COc1ccc2cc1Oc1cccc(OC)c1CNC(=O)[C@@H](C(C)C)NC(=O)[C@H]([C@@H](C)O)NC(=O)CN(C(=O)c1cc(-c3ccccc3O)n[nH]1)CCCCNC2=O. The van der Waals surface area contributed by atoms with Gasteiger partial charge in [0.25, 0.3) is 11.8 Å². The number of hydrogen-bond donors (Lipinski definition) is 7. The van der Waals surface area contributed by atoms with E-state index in [1.54, 1.807) is 62.4 Å². The Morgan fingerprint density at radius 3 is 2.33 bits per heavy atom. The maximum Gasteiger partial charge on any atom is 0.272 e. The van der Waals surface area contributed by atoms with Crippen molar-refractivity contribution in [1.29, 1.82) is 0 Å². The van der Waals surface area contributed by atoms with Gasteiger partial charge in [-0.05, 0) is 74.2 Å². The zero-order valence-corrected chi connectivity index (χ0v) is 33.0. The molecule has 17 heteroatoms. The van der Waals surface area contributed by atoms with E-state index in [1.807, 2.05) is 0 Å². The minimum Gasteiger partial charge on any atom is -0.507 e. The third-order valence-corrected chi connectivity index (χ3v) is 9.47. The van der Waals surface area contributed by atoms with Gasteiger partial charge in [0.15, 0.2) is 11.5 Å². The number of ether oxygens (including phenoxy) is 3. The number of fused-ring (bicyclic) bond motifs is 3. The molecule has 4 aromatic rings. The molecule has 5 rings (SSSR count). The van der Waals surface area contributed by atoms with Crippen LogP contribution in [0.2, 0.25) is 0 Å². The average Bonchev–Trinajstić information content (AvgIpc) is 3.70. The van der Waals surface area contributed by atoms with Crippen LogP contribution in [-0.2, 0) is 20.9 Å². The lowest BCUT2D eigenvalue weighted by Crippen LogP contribution is -2.59. The van der Waals surface area contributed by atoms with Crippen LogP contribution in [0.1, 0.15) is 60.0 Å². The first kappa shape index (κ1) is 42.5. The van der Waals surface area contributed by atoms with E-state index in [9.17, 15) is 34.2 Å². The van der Waals surface area contributed by atoms with Crippen molar-refractivity contribution >= 4 is 29.5 Å². The quantitative estimate of drug-likeness (QED) is 0.150. The number of phenols is 1. The van der Waals surface area contributed by atoms with Gasteiger partial charge in [-0.15, -0.1) is 0 Å². The standard InChI is InChI=1S/C41H49N7O10/c1-23(2)36-39(53)43-21-27-31(56-4)13-10-14-32(27)58-34-19-25(15-16-33(34)57-5)38(52)42-17-8-9-18-48(22-35(51)44-37(24(3)49)40(54)45-36)41(55)29-20-28(46-47-29)26-11-6-7-12-30(26)50/h6-7,10-16,19-20,23-24,36-37,49-50H,8-9,17-18,21-22H2,1-5H3,(H,42,52)(H,43,53)(H,44,51)(H,45,54)(H,46,47)/t24-,36-,37+/m1/s1. The number of hydrogen-bond acceptors (Lipinski definition) is 11. The molecule has 3 atom stereocenters. The molecule has 1 aliphatic heterocycles. The van der Waals surface area contributed by atoms with Gasteiger partial charge in [-0.25, -0.2) is 0 Å². The number of carbonyl (C=O) groups excluding carboxylic acids is 5. The highest BCUT2D eigenvalue weighted by atomic mass is 16.5. The number of amides is 5. The molecule has 1 aliphatic rings. The zero-order valence-electron chi connectivity index (χ0n) is 33.0. The molecule has 7 N–H and O–H groups in total. The number of H-pyrrole nitrogens is 1. The van der Waals surface area contributed by atoms with Crippen molar-refractivity contribution < 1.29 is 48.4 Å². The van der Waals surface area contributed by atoms with E-state index in [0.29, 0.717) is 46.9 Å². The van der Waals surface area contributed by atoms with Crippen LogP contribution in [0.15, 0.2) is 66.7 Å². The number of benzene rings is 3. The molecule has 0 aliphatic carbocycles. The Balaban J connectivity index is 1.45. The van der Waals surface area contributed by atoms with Gasteiger partial charge in [-0.1, -0.05) is 32.0 Å². The Labute approximate surface area is 335 Å². The molecule has 0 spiro atoms. The Kier molecular flexibility index (Phi) is 14.3. The number of aromatic amines is 1. The van der Waals surface area contributed by atoms with E-state index >= 15 is 0 Å². The fourth-order valence-corrected chi connectivity index (χ4v) is 6.30. The fraction of sp³-hybridized carbons (Fsp3) is 0.366. The lowest BCUT2D eigenvalue weighted by atomic mass is 10.0. The van der Waals surface area contributed by atoms with Gasteiger partial charge in [0.1, 0.15) is 35.0 Å². The molecule has 308 valence electrons. The van der Waals surface area contributed by atoms with Crippen molar-refractivity contribution in [3.05, 3.63) is 83.6 Å². The molecule has 1 aromatic heterocycles. The molecule has 0 saturated heterocycles. The normalized spacial score (nSPS) is 18.1. The monoisotopic (exact) mass is 799 g/mol. The number of para-hydroxylation sites is 1. The van der Waals surface area contributed by atoms with E-state index in [-0.39, 0.29) is 42.4 Å². The largest absolute Gasteiger partial charge is 0.507 e. The summed E-state index contributed by atoms with van der Waals surface area (Å²) < 4.78 is 17.4. The lowest BCUT2D eigenvalue weighted by molar-refractivity contribution is -0.135. The van der Waals surface area contributed by atoms with Crippen molar-refractivity contribution in [2.75, 3.05) is 33.9 Å². The summed E-state index contributed by atoms with van der Waals surface area (Å²) >= 11 is 0. The molecule has 0 fully saturated rings. The van der Waals surface area contributed by atoms with Crippen LogP contribution in [0, 0.1) is 5.92 Å². The van der Waals surface area contributed by atoms with E-state index in [1.165, 1.54) is 44.2 Å². The van der Waals surface area contributed by atoms with Gasteiger partial charge in [0.2, 0.25) is 17.7 Å². The second-order valence-corrected chi connectivity index (χ2v) is 14.0. The number of methoxy groups -OCH3 is 2. The number of aliphatic hydroxyl groups is 1. The second-order valence-electron chi connectivity index (χ2n) is 14.0. The molecular weight excluding hydrogens is 750 g/mol. The van der Waals surface area contributed by atoms with Crippen molar-refractivity contribution in [3.8, 4) is 40.0 Å². The van der Waals surface area contributed by atoms with Crippen LogP contribution in [0.4, 0.5) is 0 Å². The van der Waals surface area contributed by atoms with Gasteiger partial charge >= 0.3 is 0 Å². The maximum absolute atomic E-state index is 13.9. The predicted octanol–water partition coefficient (Wildman–Crippen LogP) is 2.88. The van der Waals surface area contributed by atoms with Gasteiger partial charge in [0, 0.05) is 24.2 Å². The zero-order chi connectivity index (χ0) is 41.9. The van der Waals surface area contributed by atoms with Gasteiger partial charge in [0.05, 0.1) is 44.7 Å². The second kappa shape index (κ2) is 19.5. The molecule has 0 unspecified atom stereocenters. The molecule has 3 aromatic carbocycles. The topological polar surface area (TPSA) is 234 Å². The molecule has 5 amide bonds. The Hall–Kier alpha value is -6.62. The van der Waals surface area contributed by atoms with Gasteiger partial charge < -0.3 is 50.6 Å². The fourth-order valence-electron chi connectivity index (χ4n) is 6.30. The Morgan fingerprint density at radius 1 is 0.862 bits per heavy atom. The van der Waals surface area contributed by atoms with Crippen LogP contribution in [-0.4, -0.2) is 107 Å². The smallest absolute Gasteiger partial charge is 0.272 e. The number of nitrogens with one attached hydrogen (secondary N) is 5. The summed E-state index contributed by atoms with van der Waals surface area (Å²) in [5, 5.41) is 38.7. The van der Waals surface area contributed by atoms with Crippen molar-refractivity contribution in [1.82, 2.24) is 36.4 Å². The molecule has 58 heavy (non-hydrogen) atoms. The number of rotatable bonds is 6. The van der Waals surface area contributed by atoms with Crippen LogP contribution in [0.3, 0.4) is 0 Å². The first-order valence-electron chi connectivity index (χ1n) is 18.8. The summed E-state index contributed by atoms with van der Waals surface area (Å²) in [6.07, 6.45) is -0.633. The molecular formula is C41H49N7O10. The average molecular weight is 800 g/mol. The van der Waals surface area contributed by atoms with E-state index in [4.69, 9.17) is 14.2 Å². The number of aromatic hydroxyl groups is 1. The highest BCUT2D eigenvalue weighted by molar-refractivity contribution is 5.97. The van der Waals surface area contributed by atoms with Crippen molar-refractivity contribution in [2.24, 2.45) is 5.92 Å². The maximum atomic E-state index is 13.9. The number of aliphatic hydroxyl groups excluding tert-OH is 1. The summed E-state index contributed by atoms with van der Waals surface area (Å²) in [5.41, 5.74) is 1.46. The summed E-state index contributed by atoms with van der Waals surface area (Å²) in [5.74, 6) is -2.34. The molecule has 0 saturated carbocycles. The minimum absolute atomic E-state index is 0.0321. The molecule has 2 bridgehead atoms. The van der Waals surface area contributed by atoms with Crippen LogP contribution >= 0.6 is 0 Å². The third kappa shape index (κ3) is 10.4. The number of nitrogens with zero attached hydrogens (tertiary/aromatic N) is 2. The summed E-state index contributed by atoms with van der Waals surface area (Å²) in [6, 6.07) is 15.1. The highest BCUT2D eigenvalue weighted by Crippen LogP contribution is 2.37. The van der Waals surface area contributed by atoms with E-state index in [2.05, 4.69) is 31.5 Å². The van der Waals surface area contributed by atoms with E-state index in [0.717, 1.165) is 0 Å². The number of carbonyl (C=O) groups is 5. The first-order valence-corrected chi connectivity index (χ1v) is 18.8. The molecule has 0 radical (unpaired) electrons. The Bertz CT molecular complexity index is 2120. The van der Waals surface area contributed by atoms with Crippen molar-refractivity contribution in [2.45, 2.75) is 58.3 Å².